The Labute approximate surface area is 134 Å². The highest BCUT2D eigenvalue weighted by atomic mass is 79.9. The lowest BCUT2D eigenvalue weighted by Gasteiger charge is -2.08. The second-order valence-corrected chi connectivity index (χ2v) is 5.63. The van der Waals surface area contributed by atoms with Crippen molar-refractivity contribution in [2.24, 2.45) is 0 Å². The van der Waals surface area contributed by atoms with E-state index in [1.807, 2.05) is 0 Å². The summed E-state index contributed by atoms with van der Waals surface area (Å²) in [5.74, 6) is -0.302. The highest BCUT2D eigenvalue weighted by Gasteiger charge is 2.09. The van der Waals surface area contributed by atoms with Crippen LogP contribution < -0.4 is 5.32 Å². The molecule has 0 aliphatic carbocycles. The molecular weight excluding hydrogens is 363 g/mol. The predicted molar refractivity (Wildman–Crippen MR) is 82.8 cm³/mol. The molecule has 0 saturated carbocycles. The lowest BCUT2D eigenvalue weighted by atomic mass is 10.2. The van der Waals surface area contributed by atoms with Gasteiger partial charge in [0.05, 0.1) is 9.95 Å². The molecule has 0 aliphatic heterocycles. The smallest absolute Gasteiger partial charge is 0.270 e. The number of nitro benzene ring substituents is 1. The topological polar surface area (TPSA) is 55.2 Å². The van der Waals surface area contributed by atoms with E-state index >= 15 is 0 Å². The number of benzene rings is 2. The number of halogens is 3. The largest absolute Gasteiger partial charge is 0.309 e. The van der Waals surface area contributed by atoms with Crippen LogP contribution in [-0.2, 0) is 13.1 Å². The Kier molecular flexibility index (Phi) is 5.27. The molecule has 1 N–H and O–H groups in total. The maximum absolute atomic E-state index is 13.1. The molecule has 0 fully saturated rings. The first-order valence-corrected chi connectivity index (χ1v) is 7.22. The number of nitrogens with one attached hydrogen (secondary N) is 1. The zero-order chi connectivity index (χ0) is 15.4. The fourth-order valence-corrected chi connectivity index (χ4v) is 2.43. The average Bonchev–Trinajstić information content (AvgIpc) is 2.44. The fraction of sp³-hybridized carbons (Fsp3) is 0.143. The molecule has 0 atom stereocenters. The van der Waals surface area contributed by atoms with E-state index in [1.165, 1.54) is 24.3 Å². The number of hydrogen-bond donors (Lipinski definition) is 1. The van der Waals surface area contributed by atoms with Gasteiger partial charge in [0, 0.05) is 29.7 Å². The van der Waals surface area contributed by atoms with Crippen LogP contribution in [0.15, 0.2) is 40.9 Å². The van der Waals surface area contributed by atoms with Crippen molar-refractivity contribution in [3.63, 3.8) is 0 Å². The van der Waals surface area contributed by atoms with E-state index in [0.717, 1.165) is 15.6 Å². The van der Waals surface area contributed by atoms with Gasteiger partial charge in [0.2, 0.25) is 0 Å². The molecule has 2 rings (SSSR count). The molecule has 2 aromatic carbocycles. The predicted octanol–water partition coefficient (Wildman–Crippen LogP) is 4.44. The highest BCUT2D eigenvalue weighted by Crippen LogP contribution is 2.23. The van der Waals surface area contributed by atoms with Gasteiger partial charge in [-0.25, -0.2) is 4.39 Å². The molecule has 21 heavy (non-hydrogen) atoms. The van der Waals surface area contributed by atoms with Gasteiger partial charge in [-0.1, -0.05) is 27.5 Å². The monoisotopic (exact) mass is 372 g/mol. The van der Waals surface area contributed by atoms with E-state index in [2.05, 4.69) is 21.2 Å². The van der Waals surface area contributed by atoms with E-state index in [-0.39, 0.29) is 11.5 Å². The van der Waals surface area contributed by atoms with Gasteiger partial charge in [0.15, 0.2) is 0 Å². The third-order valence-electron chi connectivity index (χ3n) is 2.89. The fourth-order valence-electron chi connectivity index (χ4n) is 1.80. The summed E-state index contributed by atoms with van der Waals surface area (Å²) in [6.07, 6.45) is 0. The Hall–Kier alpha value is -1.50. The molecule has 110 valence electrons. The normalized spacial score (nSPS) is 10.6. The Morgan fingerprint density at radius 2 is 1.90 bits per heavy atom. The first-order valence-electron chi connectivity index (χ1n) is 6.05. The maximum atomic E-state index is 13.1. The molecule has 0 aliphatic rings. The van der Waals surface area contributed by atoms with Gasteiger partial charge < -0.3 is 5.32 Å². The Morgan fingerprint density at radius 1 is 1.19 bits per heavy atom. The number of non-ortho nitro benzene ring substituents is 1. The van der Waals surface area contributed by atoms with Crippen LogP contribution in [0.1, 0.15) is 11.1 Å². The van der Waals surface area contributed by atoms with Gasteiger partial charge in [-0.2, -0.15) is 0 Å². The van der Waals surface area contributed by atoms with Crippen LogP contribution in [0.3, 0.4) is 0 Å². The number of nitrogens with zero attached hydrogens (tertiary/aromatic N) is 1. The minimum absolute atomic E-state index is 0.0448. The van der Waals surface area contributed by atoms with Crippen LogP contribution in [0.2, 0.25) is 5.02 Å². The zero-order valence-electron chi connectivity index (χ0n) is 10.8. The lowest BCUT2D eigenvalue weighted by molar-refractivity contribution is -0.384. The summed E-state index contributed by atoms with van der Waals surface area (Å²) < 4.78 is 14.0. The number of rotatable bonds is 5. The van der Waals surface area contributed by atoms with Crippen LogP contribution in [0, 0.1) is 15.9 Å². The first-order chi connectivity index (χ1) is 9.97. The molecule has 0 heterocycles. The Bertz CT molecular complexity index is 682. The molecular formula is C14H11BrClFN2O2. The zero-order valence-corrected chi connectivity index (χ0v) is 13.1. The molecule has 0 unspecified atom stereocenters. The molecule has 0 radical (unpaired) electrons. The van der Waals surface area contributed by atoms with Gasteiger partial charge in [0.1, 0.15) is 5.82 Å². The summed E-state index contributed by atoms with van der Waals surface area (Å²) >= 11 is 9.35. The summed E-state index contributed by atoms with van der Waals surface area (Å²) in [4.78, 5) is 10.1. The maximum Gasteiger partial charge on any atom is 0.270 e. The molecule has 0 saturated heterocycles. The summed E-state index contributed by atoms with van der Waals surface area (Å²) in [6, 6.07) is 8.78. The number of nitro groups is 1. The van der Waals surface area contributed by atoms with Crippen LogP contribution in [0.4, 0.5) is 10.1 Å². The molecule has 2 aromatic rings. The second kappa shape index (κ2) is 6.98. The number of hydrogen-bond acceptors (Lipinski definition) is 3. The Balaban J connectivity index is 2.00. The molecule has 0 amide bonds. The van der Waals surface area contributed by atoms with Crippen molar-refractivity contribution >= 4 is 33.2 Å². The molecule has 7 heteroatoms. The van der Waals surface area contributed by atoms with Crippen molar-refractivity contribution in [1.82, 2.24) is 5.32 Å². The van der Waals surface area contributed by atoms with Crippen LogP contribution in [0.25, 0.3) is 0 Å². The van der Waals surface area contributed by atoms with Crippen LogP contribution >= 0.6 is 27.5 Å². The Morgan fingerprint density at radius 3 is 2.57 bits per heavy atom. The van der Waals surface area contributed by atoms with Gasteiger partial charge in [-0.15, -0.1) is 0 Å². The standard InChI is InChI=1S/C14H11BrClFN2O2/c15-13-4-2-11(17)5-10(13)8-18-7-9-1-3-12(19(20)21)6-14(9)16/h1-6,18H,7-8H2. The van der Waals surface area contributed by atoms with E-state index in [0.29, 0.717) is 18.1 Å². The van der Waals surface area contributed by atoms with Gasteiger partial charge in [-0.3, -0.25) is 10.1 Å². The third kappa shape index (κ3) is 4.23. The van der Waals surface area contributed by atoms with Crippen LogP contribution in [0.5, 0.6) is 0 Å². The average molecular weight is 374 g/mol. The third-order valence-corrected chi connectivity index (χ3v) is 4.01. The molecule has 0 bridgehead atoms. The van der Waals surface area contributed by atoms with E-state index < -0.39 is 4.92 Å². The van der Waals surface area contributed by atoms with Gasteiger partial charge in [0.25, 0.3) is 5.69 Å². The van der Waals surface area contributed by atoms with Gasteiger partial charge in [-0.05, 0) is 35.4 Å². The van der Waals surface area contributed by atoms with E-state index in [9.17, 15) is 14.5 Å². The second-order valence-electron chi connectivity index (χ2n) is 4.37. The minimum atomic E-state index is -0.493. The SMILES string of the molecule is O=[N+]([O-])c1ccc(CNCc2cc(F)ccc2Br)c(Cl)c1. The summed E-state index contributed by atoms with van der Waals surface area (Å²) in [7, 11) is 0. The van der Waals surface area contributed by atoms with Crippen LogP contribution in [-0.4, -0.2) is 4.92 Å². The molecule has 4 nitrogen and oxygen atoms in total. The van der Waals surface area contributed by atoms with E-state index in [4.69, 9.17) is 11.6 Å². The minimum Gasteiger partial charge on any atom is -0.309 e. The van der Waals surface area contributed by atoms with Crippen molar-refractivity contribution in [1.29, 1.82) is 0 Å². The van der Waals surface area contributed by atoms with Gasteiger partial charge >= 0.3 is 0 Å². The molecule has 0 aromatic heterocycles. The molecule has 0 spiro atoms. The quantitative estimate of drug-likeness (QED) is 0.623. The highest BCUT2D eigenvalue weighted by molar-refractivity contribution is 9.10. The van der Waals surface area contributed by atoms with Crippen molar-refractivity contribution in [2.75, 3.05) is 0 Å². The van der Waals surface area contributed by atoms with Crippen molar-refractivity contribution in [3.8, 4) is 0 Å². The summed E-state index contributed by atoms with van der Waals surface area (Å²) in [5, 5.41) is 14.1. The van der Waals surface area contributed by atoms with Crippen molar-refractivity contribution in [3.05, 3.63) is 73.0 Å². The summed E-state index contributed by atoms with van der Waals surface area (Å²) in [5.41, 5.74) is 1.49. The van der Waals surface area contributed by atoms with Crippen molar-refractivity contribution < 1.29 is 9.31 Å². The van der Waals surface area contributed by atoms with E-state index in [1.54, 1.807) is 12.1 Å². The summed E-state index contributed by atoms with van der Waals surface area (Å²) in [6.45, 7) is 0.880. The first kappa shape index (κ1) is 15.9. The van der Waals surface area contributed by atoms with Crippen molar-refractivity contribution in [2.45, 2.75) is 13.1 Å². The lowest BCUT2D eigenvalue weighted by Crippen LogP contribution is -2.13.